The Hall–Kier alpha value is -3.15. The van der Waals surface area contributed by atoms with Crippen LogP contribution in [-0.2, 0) is 14.4 Å². The van der Waals surface area contributed by atoms with Gasteiger partial charge in [0, 0.05) is 39.7 Å². The Morgan fingerprint density at radius 2 is 1.53 bits per heavy atom. The molecule has 0 bridgehead atoms. The molecule has 4 rings (SSSR count). The maximum atomic E-state index is 14.8. The number of hydrogen-bond donors (Lipinski definition) is 1. The van der Waals surface area contributed by atoms with Crippen LogP contribution in [-0.4, -0.2) is 58.2 Å². The van der Waals surface area contributed by atoms with E-state index in [-0.39, 0.29) is 24.4 Å². The second-order valence-electron chi connectivity index (χ2n) is 10.1. The van der Waals surface area contributed by atoms with E-state index in [1.54, 1.807) is 70.5 Å². The van der Waals surface area contributed by atoms with Gasteiger partial charge in [-0.1, -0.05) is 47.5 Å². The largest absolute Gasteiger partial charge is 0.481 e. The van der Waals surface area contributed by atoms with E-state index >= 15 is 0 Å². The number of aliphatic carboxylic acids is 1. The quantitative estimate of drug-likeness (QED) is 0.169. The third-order valence-electron chi connectivity index (χ3n) is 7.47. The average molecular weight is 736 g/mol. The van der Waals surface area contributed by atoms with Crippen molar-refractivity contribution in [2.24, 2.45) is 0 Å². The molecular formula is C32H32Cl2IN3O5. The van der Waals surface area contributed by atoms with Crippen LogP contribution in [0.25, 0.3) is 0 Å². The summed E-state index contributed by atoms with van der Waals surface area (Å²) in [6.07, 6.45) is 0.726. The highest BCUT2D eigenvalue weighted by molar-refractivity contribution is 14.1. The molecule has 226 valence electrons. The molecule has 0 saturated heterocycles. The van der Waals surface area contributed by atoms with Crippen molar-refractivity contribution in [1.82, 2.24) is 9.80 Å². The van der Waals surface area contributed by atoms with Gasteiger partial charge in [0.2, 0.25) is 5.91 Å². The Morgan fingerprint density at radius 1 is 0.930 bits per heavy atom. The van der Waals surface area contributed by atoms with Gasteiger partial charge in [0.25, 0.3) is 11.8 Å². The van der Waals surface area contributed by atoms with Crippen molar-refractivity contribution < 1.29 is 24.3 Å². The highest BCUT2D eigenvalue weighted by atomic mass is 127. The van der Waals surface area contributed by atoms with Crippen LogP contribution in [0.4, 0.5) is 5.69 Å². The van der Waals surface area contributed by atoms with Crippen molar-refractivity contribution in [3.05, 3.63) is 97.0 Å². The number of nitrogens with zero attached hydrogens (tertiary/aromatic N) is 3. The molecule has 0 aliphatic carbocycles. The monoisotopic (exact) mass is 735 g/mol. The molecular weight excluding hydrogens is 704 g/mol. The maximum absolute atomic E-state index is 14.8. The van der Waals surface area contributed by atoms with E-state index in [2.05, 4.69) is 22.6 Å². The van der Waals surface area contributed by atoms with Gasteiger partial charge >= 0.3 is 5.97 Å². The molecule has 1 aliphatic heterocycles. The SMILES string of the molecule is CCN(CC)C(=O)[C@H](c1ccc(Cl)cc1)N1C(=O)c2cc(I)ccc2N(CCCCC(=O)O)C(=O)[C@@H]1c1ccc(Cl)cc1. The molecule has 0 saturated carbocycles. The number of carbonyl (C=O) groups excluding carboxylic acids is 3. The molecule has 0 unspecified atom stereocenters. The molecule has 1 aliphatic rings. The number of amides is 3. The van der Waals surface area contributed by atoms with Gasteiger partial charge in [0.15, 0.2) is 0 Å². The zero-order valence-electron chi connectivity index (χ0n) is 23.8. The predicted molar refractivity (Wildman–Crippen MR) is 175 cm³/mol. The van der Waals surface area contributed by atoms with Gasteiger partial charge in [-0.15, -0.1) is 0 Å². The second kappa shape index (κ2) is 14.5. The molecule has 8 nitrogen and oxygen atoms in total. The minimum absolute atomic E-state index is 0.0374. The Labute approximate surface area is 274 Å². The van der Waals surface area contributed by atoms with Crippen LogP contribution >= 0.6 is 45.8 Å². The van der Waals surface area contributed by atoms with Crippen molar-refractivity contribution in [2.75, 3.05) is 24.5 Å². The summed E-state index contributed by atoms with van der Waals surface area (Å²) in [6, 6.07) is 16.3. The highest BCUT2D eigenvalue weighted by Gasteiger charge is 2.46. The van der Waals surface area contributed by atoms with Crippen molar-refractivity contribution in [3.8, 4) is 0 Å². The first-order chi connectivity index (χ1) is 20.6. The fourth-order valence-corrected chi connectivity index (χ4v) is 6.07. The van der Waals surface area contributed by atoms with E-state index in [0.717, 1.165) is 3.57 Å². The number of halogens is 3. The lowest BCUT2D eigenvalue weighted by atomic mass is 9.96. The fourth-order valence-electron chi connectivity index (χ4n) is 5.32. The zero-order valence-corrected chi connectivity index (χ0v) is 27.5. The summed E-state index contributed by atoms with van der Waals surface area (Å²) < 4.78 is 0.783. The molecule has 0 radical (unpaired) electrons. The topological polar surface area (TPSA) is 98.2 Å². The molecule has 3 aromatic rings. The molecule has 0 aromatic heterocycles. The van der Waals surface area contributed by atoms with Gasteiger partial charge in [-0.25, -0.2) is 0 Å². The summed E-state index contributed by atoms with van der Waals surface area (Å²) >= 11 is 14.5. The van der Waals surface area contributed by atoms with E-state index < -0.39 is 29.9 Å². The summed E-state index contributed by atoms with van der Waals surface area (Å²) in [5.74, 6) is -2.12. The standard InChI is InChI=1S/C32H32Cl2IN3O5/c1-3-36(4-2)31(42)28(20-8-12-22(33)13-9-20)38-29(21-10-14-23(34)15-11-21)32(43)37(18-6-5-7-27(39)40)26-17-16-24(35)19-25(26)30(38)41/h8-17,19,28-29H,3-7,18H2,1-2H3,(H,39,40)/t28-,29-/m0/s1. The lowest BCUT2D eigenvalue weighted by Gasteiger charge is -2.38. The summed E-state index contributed by atoms with van der Waals surface area (Å²) in [5.41, 5.74) is 1.70. The van der Waals surface area contributed by atoms with Gasteiger partial charge in [0.05, 0.1) is 11.3 Å². The molecule has 3 aromatic carbocycles. The minimum Gasteiger partial charge on any atom is -0.481 e. The van der Waals surface area contributed by atoms with E-state index in [0.29, 0.717) is 52.8 Å². The summed E-state index contributed by atoms with van der Waals surface area (Å²) in [7, 11) is 0. The van der Waals surface area contributed by atoms with Gasteiger partial charge in [-0.2, -0.15) is 0 Å². The summed E-state index contributed by atoms with van der Waals surface area (Å²) in [4.78, 5) is 59.6. The van der Waals surface area contributed by atoms with Crippen molar-refractivity contribution in [1.29, 1.82) is 0 Å². The Kier molecular flexibility index (Phi) is 11.1. The highest BCUT2D eigenvalue weighted by Crippen LogP contribution is 2.41. The first kappa shape index (κ1) is 32.8. The Bertz CT molecular complexity index is 1500. The number of carboxylic acids is 1. The first-order valence-corrected chi connectivity index (χ1v) is 15.9. The molecule has 2 atom stereocenters. The van der Waals surface area contributed by atoms with Crippen LogP contribution in [0.2, 0.25) is 10.0 Å². The van der Waals surface area contributed by atoms with Crippen LogP contribution in [0.1, 0.15) is 66.7 Å². The van der Waals surface area contributed by atoms with Gasteiger partial charge in [0.1, 0.15) is 12.1 Å². The summed E-state index contributed by atoms with van der Waals surface area (Å²) in [5, 5.41) is 10.1. The number of rotatable bonds is 11. The number of hydrogen-bond acceptors (Lipinski definition) is 4. The van der Waals surface area contributed by atoms with E-state index in [9.17, 15) is 19.2 Å². The zero-order chi connectivity index (χ0) is 31.3. The van der Waals surface area contributed by atoms with Crippen LogP contribution in [0, 0.1) is 3.57 Å². The molecule has 0 spiro atoms. The van der Waals surface area contributed by atoms with Gasteiger partial charge < -0.3 is 19.8 Å². The van der Waals surface area contributed by atoms with Crippen molar-refractivity contribution in [3.63, 3.8) is 0 Å². The molecule has 1 N–H and O–H groups in total. The summed E-state index contributed by atoms with van der Waals surface area (Å²) in [6.45, 7) is 4.74. The van der Waals surface area contributed by atoms with Crippen LogP contribution < -0.4 is 4.90 Å². The number of carboxylic acid groups (broad SMARTS) is 1. The molecule has 0 fully saturated rings. The number of benzene rings is 3. The molecule has 43 heavy (non-hydrogen) atoms. The first-order valence-electron chi connectivity index (χ1n) is 14.0. The van der Waals surface area contributed by atoms with E-state index in [4.69, 9.17) is 28.3 Å². The van der Waals surface area contributed by atoms with E-state index in [1.165, 1.54) is 4.90 Å². The number of anilines is 1. The second-order valence-corrected chi connectivity index (χ2v) is 12.3. The van der Waals surface area contributed by atoms with Gasteiger partial charge in [-0.3, -0.25) is 19.2 Å². The third-order valence-corrected chi connectivity index (χ3v) is 8.65. The number of likely N-dealkylation sites (N-methyl/N-ethyl adjacent to an activating group) is 1. The van der Waals surface area contributed by atoms with Crippen LogP contribution in [0.5, 0.6) is 0 Å². The maximum Gasteiger partial charge on any atom is 0.303 e. The fraction of sp³-hybridized carbons (Fsp3) is 0.312. The van der Waals surface area contributed by atoms with Crippen molar-refractivity contribution in [2.45, 2.75) is 45.2 Å². The van der Waals surface area contributed by atoms with Crippen molar-refractivity contribution >= 4 is 75.2 Å². The average Bonchev–Trinajstić information content (AvgIpc) is 3.06. The van der Waals surface area contributed by atoms with Crippen LogP contribution in [0.3, 0.4) is 0 Å². The van der Waals surface area contributed by atoms with Crippen LogP contribution in [0.15, 0.2) is 66.7 Å². The smallest absolute Gasteiger partial charge is 0.303 e. The number of carbonyl (C=O) groups is 4. The molecule has 1 heterocycles. The Morgan fingerprint density at radius 3 is 2.12 bits per heavy atom. The lowest BCUT2D eigenvalue weighted by Crippen LogP contribution is -2.49. The number of fused-ring (bicyclic) bond motifs is 1. The van der Waals surface area contributed by atoms with Gasteiger partial charge in [-0.05, 0) is 103 Å². The number of unbranched alkanes of at least 4 members (excludes halogenated alkanes) is 1. The normalized spacial score (nSPS) is 15.6. The predicted octanol–water partition coefficient (Wildman–Crippen LogP) is 6.99. The minimum atomic E-state index is -1.19. The Balaban J connectivity index is 1.97. The molecule has 3 amide bonds. The van der Waals surface area contributed by atoms with E-state index in [1.807, 2.05) is 19.9 Å². The lowest BCUT2D eigenvalue weighted by molar-refractivity contribution is -0.138. The third kappa shape index (κ3) is 7.33. The molecule has 11 heteroatoms.